The molecule has 1 fully saturated rings. The number of hydrogen-bond donors (Lipinski definition) is 2. The molecule has 0 aromatic heterocycles. The molecule has 0 amide bonds. The first kappa shape index (κ1) is 23.9. The molecule has 176 valence electrons. The first-order valence-electron chi connectivity index (χ1n) is 12.2. The van der Waals surface area contributed by atoms with Crippen LogP contribution in [0.1, 0.15) is 43.4 Å². The number of rotatable bonds is 8. The number of nitrogens with zero attached hydrogens (tertiary/aromatic N) is 2. The Morgan fingerprint density at radius 2 is 1.50 bits per heavy atom. The molecule has 1 heterocycles. The molecule has 4 nitrogen and oxygen atoms in total. The van der Waals surface area contributed by atoms with Crippen LogP contribution in [0.4, 0.5) is 5.69 Å². The third-order valence-corrected chi connectivity index (χ3v) is 6.61. The number of phenolic OH excluding ortho intramolecular Hbond substituents is 1. The SMILES string of the molecule is CC(C)N1CCN(c2ccc(/C(=C(/CCCO)c3cc#ccc3)c3ccc(O)cc3)cc2)CC1. The summed E-state index contributed by atoms with van der Waals surface area (Å²) in [5.74, 6) is 0.249. The Hall–Kier alpha value is -3.26. The Bertz CT molecular complexity index is 1070. The Kier molecular flexibility index (Phi) is 7.90. The maximum absolute atomic E-state index is 9.87. The zero-order valence-electron chi connectivity index (χ0n) is 20.2. The number of aliphatic hydroxyl groups is 1. The Labute approximate surface area is 203 Å². The van der Waals surface area contributed by atoms with E-state index in [1.807, 2.05) is 30.3 Å². The molecule has 0 radical (unpaired) electrons. The minimum Gasteiger partial charge on any atom is -0.508 e. The number of phenols is 1. The molecule has 4 rings (SSSR count). The molecule has 0 bridgehead atoms. The van der Waals surface area contributed by atoms with E-state index in [2.05, 4.69) is 60.0 Å². The van der Waals surface area contributed by atoms with E-state index in [1.54, 1.807) is 12.1 Å². The van der Waals surface area contributed by atoms with E-state index in [-0.39, 0.29) is 12.4 Å². The summed E-state index contributed by atoms with van der Waals surface area (Å²) in [7, 11) is 0. The van der Waals surface area contributed by atoms with Gasteiger partial charge in [0, 0.05) is 44.5 Å². The highest BCUT2D eigenvalue weighted by atomic mass is 16.3. The minimum atomic E-state index is 0.135. The van der Waals surface area contributed by atoms with E-state index in [1.165, 1.54) is 5.69 Å². The quantitative estimate of drug-likeness (QED) is 0.488. The monoisotopic (exact) mass is 454 g/mol. The third kappa shape index (κ3) is 5.62. The number of allylic oxidation sites excluding steroid dienone is 1. The largest absolute Gasteiger partial charge is 0.508 e. The Morgan fingerprint density at radius 1 is 0.853 bits per heavy atom. The smallest absolute Gasteiger partial charge is 0.115 e. The van der Waals surface area contributed by atoms with Gasteiger partial charge < -0.3 is 15.1 Å². The topological polar surface area (TPSA) is 46.9 Å². The van der Waals surface area contributed by atoms with E-state index in [0.29, 0.717) is 12.5 Å². The van der Waals surface area contributed by atoms with Crippen LogP contribution in [0.15, 0.2) is 66.7 Å². The molecule has 0 unspecified atom stereocenters. The van der Waals surface area contributed by atoms with Gasteiger partial charge in [0.25, 0.3) is 0 Å². The molecule has 3 aromatic carbocycles. The van der Waals surface area contributed by atoms with Crippen molar-refractivity contribution in [2.24, 2.45) is 0 Å². The van der Waals surface area contributed by atoms with Crippen LogP contribution in [-0.4, -0.2) is 53.9 Å². The van der Waals surface area contributed by atoms with Crippen LogP contribution in [0.5, 0.6) is 5.75 Å². The number of aliphatic hydroxyl groups excluding tert-OH is 1. The lowest BCUT2D eigenvalue weighted by atomic mass is 9.87. The molecule has 2 N–H and O–H groups in total. The fourth-order valence-electron chi connectivity index (χ4n) is 4.68. The average Bonchev–Trinajstić information content (AvgIpc) is 2.88. The minimum absolute atomic E-state index is 0.135. The predicted molar refractivity (Wildman–Crippen MR) is 140 cm³/mol. The molecule has 1 aliphatic heterocycles. The molecular formula is C30H34N2O2. The van der Waals surface area contributed by atoms with Crippen LogP contribution in [-0.2, 0) is 0 Å². The van der Waals surface area contributed by atoms with Crippen molar-refractivity contribution in [1.29, 1.82) is 0 Å². The van der Waals surface area contributed by atoms with Gasteiger partial charge in [-0.05, 0) is 97.0 Å². The summed E-state index contributed by atoms with van der Waals surface area (Å²) >= 11 is 0. The highest BCUT2D eigenvalue weighted by molar-refractivity contribution is 5.98. The lowest BCUT2D eigenvalue weighted by Gasteiger charge is -2.38. The van der Waals surface area contributed by atoms with E-state index >= 15 is 0 Å². The predicted octanol–water partition coefficient (Wildman–Crippen LogP) is 5.25. The van der Waals surface area contributed by atoms with Gasteiger partial charge in [0.15, 0.2) is 0 Å². The van der Waals surface area contributed by atoms with Crippen molar-refractivity contribution in [2.45, 2.75) is 32.7 Å². The van der Waals surface area contributed by atoms with E-state index in [4.69, 9.17) is 0 Å². The van der Waals surface area contributed by atoms with Crippen LogP contribution < -0.4 is 4.90 Å². The van der Waals surface area contributed by atoms with Crippen molar-refractivity contribution in [3.05, 3.63) is 95.6 Å². The average molecular weight is 455 g/mol. The highest BCUT2D eigenvalue weighted by Gasteiger charge is 2.20. The molecule has 1 aliphatic rings. The van der Waals surface area contributed by atoms with Crippen LogP contribution in [0, 0.1) is 12.1 Å². The molecule has 0 aliphatic carbocycles. The lowest BCUT2D eigenvalue weighted by molar-refractivity contribution is 0.209. The number of benzene rings is 2. The summed E-state index contributed by atoms with van der Waals surface area (Å²) in [4.78, 5) is 4.99. The summed E-state index contributed by atoms with van der Waals surface area (Å²) in [6.07, 6.45) is 1.41. The zero-order chi connectivity index (χ0) is 23.9. The number of aromatic hydroxyl groups is 1. The lowest BCUT2D eigenvalue weighted by Crippen LogP contribution is -2.48. The van der Waals surface area contributed by atoms with Gasteiger partial charge >= 0.3 is 0 Å². The Morgan fingerprint density at radius 3 is 2.06 bits per heavy atom. The van der Waals surface area contributed by atoms with Crippen LogP contribution in [0.25, 0.3) is 11.1 Å². The van der Waals surface area contributed by atoms with Crippen LogP contribution in [0.3, 0.4) is 0 Å². The summed E-state index contributed by atoms with van der Waals surface area (Å²) in [6, 6.07) is 28.7. The van der Waals surface area contributed by atoms with Crippen LogP contribution >= 0.6 is 0 Å². The van der Waals surface area contributed by atoms with E-state index < -0.39 is 0 Å². The van der Waals surface area contributed by atoms with E-state index in [9.17, 15) is 10.2 Å². The fourth-order valence-corrected chi connectivity index (χ4v) is 4.68. The zero-order valence-corrected chi connectivity index (χ0v) is 20.2. The fraction of sp³-hybridized carbons (Fsp3) is 0.333. The third-order valence-electron chi connectivity index (χ3n) is 6.61. The van der Waals surface area contributed by atoms with Crippen molar-refractivity contribution in [1.82, 2.24) is 4.90 Å². The van der Waals surface area contributed by atoms with Gasteiger partial charge in [0.05, 0.1) is 0 Å². The van der Waals surface area contributed by atoms with Gasteiger partial charge in [0.1, 0.15) is 5.75 Å². The highest BCUT2D eigenvalue weighted by Crippen LogP contribution is 2.36. The van der Waals surface area contributed by atoms with Crippen molar-refractivity contribution >= 4 is 16.8 Å². The summed E-state index contributed by atoms with van der Waals surface area (Å²) in [6.45, 7) is 8.91. The molecule has 3 aromatic rings. The van der Waals surface area contributed by atoms with Gasteiger partial charge in [-0.1, -0.05) is 36.4 Å². The maximum atomic E-state index is 9.87. The summed E-state index contributed by atoms with van der Waals surface area (Å²) in [5.41, 5.74) is 6.75. The van der Waals surface area contributed by atoms with Gasteiger partial charge in [-0.3, -0.25) is 4.90 Å². The molecule has 0 saturated carbocycles. The van der Waals surface area contributed by atoms with E-state index in [0.717, 1.165) is 60.4 Å². The second-order valence-corrected chi connectivity index (χ2v) is 9.11. The molecular weight excluding hydrogens is 420 g/mol. The number of piperazine rings is 1. The molecule has 0 spiro atoms. The molecule has 4 heteroatoms. The van der Waals surface area contributed by atoms with Gasteiger partial charge in [-0.25, -0.2) is 0 Å². The van der Waals surface area contributed by atoms with Crippen molar-refractivity contribution < 1.29 is 10.2 Å². The standard InChI is InChI=1S/C30H34N2O2/c1-23(2)31-18-20-32(21-19-31)27-14-10-25(11-15-27)30(26-12-16-28(34)17-13-26)29(9-6-22-33)24-7-4-3-5-8-24/h4,7-8,10-17,23,33-34H,6,9,18-22H2,1-2H3/b30-29+. The molecule has 0 atom stereocenters. The molecule has 34 heavy (non-hydrogen) atoms. The number of hydrogen-bond acceptors (Lipinski definition) is 4. The summed E-state index contributed by atoms with van der Waals surface area (Å²) in [5, 5.41) is 19.4. The van der Waals surface area contributed by atoms with Crippen LogP contribution in [0.2, 0.25) is 0 Å². The van der Waals surface area contributed by atoms with Crippen molar-refractivity contribution in [3.63, 3.8) is 0 Å². The molecule has 1 saturated heterocycles. The summed E-state index contributed by atoms with van der Waals surface area (Å²) < 4.78 is 0. The van der Waals surface area contributed by atoms with Gasteiger partial charge in [-0.2, -0.15) is 0 Å². The normalized spacial score (nSPS) is 15.2. The van der Waals surface area contributed by atoms with Gasteiger partial charge in [0.2, 0.25) is 0 Å². The number of anilines is 1. The maximum Gasteiger partial charge on any atom is 0.115 e. The second kappa shape index (κ2) is 11.2. The first-order chi connectivity index (χ1) is 16.6. The van der Waals surface area contributed by atoms with Crippen molar-refractivity contribution in [2.75, 3.05) is 37.7 Å². The Balaban J connectivity index is 1.72. The van der Waals surface area contributed by atoms with Crippen molar-refractivity contribution in [3.8, 4) is 5.75 Å². The second-order valence-electron chi connectivity index (χ2n) is 9.11. The van der Waals surface area contributed by atoms with Gasteiger partial charge in [-0.15, -0.1) is 0 Å². The first-order valence-corrected chi connectivity index (χ1v) is 12.2.